The van der Waals surface area contributed by atoms with Crippen molar-refractivity contribution in [2.45, 2.75) is 6.61 Å². The molecule has 3 nitrogen and oxygen atoms in total. The first-order chi connectivity index (χ1) is 7.26. The summed E-state index contributed by atoms with van der Waals surface area (Å²) < 4.78 is 23.0. The summed E-state index contributed by atoms with van der Waals surface area (Å²) in [6.07, 6.45) is 0. The first-order valence-corrected chi connectivity index (χ1v) is 4.52. The standard InChI is InChI=1S/C11H12FNO2/c1-14-2-3-15-8-10-4-9(7-13)5-11(12)6-10/h4-6H,2-3,8H2,1H3. The summed E-state index contributed by atoms with van der Waals surface area (Å²) >= 11 is 0. The number of benzene rings is 1. The van der Waals surface area contributed by atoms with E-state index in [1.165, 1.54) is 12.1 Å². The normalized spacial score (nSPS) is 9.93. The smallest absolute Gasteiger partial charge is 0.124 e. The van der Waals surface area contributed by atoms with Gasteiger partial charge in [0.05, 0.1) is 31.5 Å². The number of rotatable bonds is 5. The van der Waals surface area contributed by atoms with E-state index in [1.54, 1.807) is 13.2 Å². The van der Waals surface area contributed by atoms with Crippen LogP contribution in [0.4, 0.5) is 4.39 Å². The number of hydrogen-bond donors (Lipinski definition) is 0. The lowest BCUT2D eigenvalue weighted by molar-refractivity contribution is 0.0615. The minimum Gasteiger partial charge on any atom is -0.382 e. The van der Waals surface area contributed by atoms with Crippen molar-refractivity contribution >= 4 is 0 Å². The van der Waals surface area contributed by atoms with Crippen LogP contribution in [0.2, 0.25) is 0 Å². The van der Waals surface area contributed by atoms with Crippen molar-refractivity contribution in [2.24, 2.45) is 0 Å². The topological polar surface area (TPSA) is 42.2 Å². The Morgan fingerprint density at radius 3 is 2.80 bits per heavy atom. The van der Waals surface area contributed by atoms with Crippen molar-refractivity contribution < 1.29 is 13.9 Å². The minimum atomic E-state index is -0.417. The fraction of sp³-hybridized carbons (Fsp3) is 0.364. The molecule has 0 unspecified atom stereocenters. The summed E-state index contributed by atoms with van der Waals surface area (Å²) in [5.74, 6) is -0.417. The first kappa shape index (κ1) is 11.6. The zero-order valence-electron chi connectivity index (χ0n) is 8.50. The number of nitrogens with zero attached hydrogens (tertiary/aromatic N) is 1. The van der Waals surface area contributed by atoms with Crippen molar-refractivity contribution in [2.75, 3.05) is 20.3 Å². The van der Waals surface area contributed by atoms with E-state index in [0.29, 0.717) is 24.3 Å². The summed E-state index contributed by atoms with van der Waals surface area (Å²) in [7, 11) is 1.58. The highest BCUT2D eigenvalue weighted by atomic mass is 19.1. The lowest BCUT2D eigenvalue weighted by atomic mass is 10.1. The molecule has 0 aromatic heterocycles. The third-order valence-electron chi connectivity index (χ3n) is 1.79. The van der Waals surface area contributed by atoms with Gasteiger partial charge < -0.3 is 9.47 Å². The van der Waals surface area contributed by atoms with E-state index in [2.05, 4.69) is 0 Å². The van der Waals surface area contributed by atoms with E-state index >= 15 is 0 Å². The molecule has 0 aliphatic heterocycles. The molecule has 1 aromatic carbocycles. The second-order valence-corrected chi connectivity index (χ2v) is 3.01. The maximum Gasteiger partial charge on any atom is 0.124 e. The molecular formula is C11H12FNO2. The van der Waals surface area contributed by atoms with Crippen LogP contribution in [-0.4, -0.2) is 20.3 Å². The summed E-state index contributed by atoms with van der Waals surface area (Å²) in [5.41, 5.74) is 0.961. The van der Waals surface area contributed by atoms with E-state index in [4.69, 9.17) is 14.7 Å². The summed E-state index contributed by atoms with van der Waals surface area (Å²) in [4.78, 5) is 0. The molecule has 0 aliphatic rings. The fourth-order valence-electron chi connectivity index (χ4n) is 1.13. The quantitative estimate of drug-likeness (QED) is 0.695. The van der Waals surface area contributed by atoms with E-state index in [9.17, 15) is 4.39 Å². The summed E-state index contributed by atoms with van der Waals surface area (Å²) in [5, 5.41) is 8.62. The van der Waals surface area contributed by atoms with Crippen molar-refractivity contribution in [3.8, 4) is 6.07 Å². The molecule has 1 rings (SSSR count). The van der Waals surface area contributed by atoms with E-state index in [-0.39, 0.29) is 6.61 Å². The average Bonchev–Trinajstić information content (AvgIpc) is 2.23. The van der Waals surface area contributed by atoms with Crippen LogP contribution in [0.1, 0.15) is 11.1 Å². The van der Waals surface area contributed by atoms with Gasteiger partial charge in [-0.25, -0.2) is 4.39 Å². The number of nitriles is 1. The van der Waals surface area contributed by atoms with Gasteiger partial charge in [0, 0.05) is 7.11 Å². The molecule has 0 fully saturated rings. The zero-order valence-corrected chi connectivity index (χ0v) is 8.50. The molecule has 4 heteroatoms. The fourth-order valence-corrected chi connectivity index (χ4v) is 1.13. The van der Waals surface area contributed by atoms with Gasteiger partial charge in [0.25, 0.3) is 0 Å². The molecule has 0 radical (unpaired) electrons. The molecule has 0 bridgehead atoms. The van der Waals surface area contributed by atoms with Crippen LogP contribution in [0.3, 0.4) is 0 Å². The molecule has 0 saturated heterocycles. The minimum absolute atomic E-state index is 0.287. The lowest BCUT2D eigenvalue weighted by Crippen LogP contribution is -2.02. The van der Waals surface area contributed by atoms with Crippen molar-refractivity contribution in [3.63, 3.8) is 0 Å². The van der Waals surface area contributed by atoms with Gasteiger partial charge in [0.2, 0.25) is 0 Å². The predicted molar refractivity (Wildman–Crippen MR) is 52.6 cm³/mol. The van der Waals surface area contributed by atoms with Gasteiger partial charge in [-0.05, 0) is 23.8 Å². The van der Waals surface area contributed by atoms with Crippen molar-refractivity contribution in [3.05, 3.63) is 35.1 Å². The van der Waals surface area contributed by atoms with Crippen LogP contribution in [0.5, 0.6) is 0 Å². The Morgan fingerprint density at radius 1 is 1.33 bits per heavy atom. The molecular weight excluding hydrogens is 197 g/mol. The maximum atomic E-state index is 13.0. The second-order valence-electron chi connectivity index (χ2n) is 3.01. The Kier molecular flexibility index (Phi) is 4.75. The Hall–Kier alpha value is -1.44. The van der Waals surface area contributed by atoms with Gasteiger partial charge in [0.1, 0.15) is 5.82 Å². The predicted octanol–water partition coefficient (Wildman–Crippen LogP) is 1.86. The van der Waals surface area contributed by atoms with Crippen LogP contribution in [0, 0.1) is 17.1 Å². The highest BCUT2D eigenvalue weighted by Gasteiger charge is 2.00. The Morgan fingerprint density at radius 2 is 2.13 bits per heavy atom. The third-order valence-corrected chi connectivity index (χ3v) is 1.79. The first-order valence-electron chi connectivity index (χ1n) is 4.52. The molecule has 0 aliphatic carbocycles. The van der Waals surface area contributed by atoms with Crippen molar-refractivity contribution in [1.29, 1.82) is 5.26 Å². The molecule has 15 heavy (non-hydrogen) atoms. The van der Waals surface area contributed by atoms with Crippen LogP contribution >= 0.6 is 0 Å². The molecule has 0 atom stereocenters. The molecule has 1 aromatic rings. The Labute approximate surface area is 88.0 Å². The molecule has 0 amide bonds. The zero-order chi connectivity index (χ0) is 11.1. The Balaban J connectivity index is 2.54. The van der Waals surface area contributed by atoms with Crippen LogP contribution in [0.15, 0.2) is 18.2 Å². The molecule has 0 heterocycles. The number of ether oxygens (including phenoxy) is 2. The van der Waals surface area contributed by atoms with Gasteiger partial charge in [0.15, 0.2) is 0 Å². The van der Waals surface area contributed by atoms with Crippen molar-refractivity contribution in [1.82, 2.24) is 0 Å². The monoisotopic (exact) mass is 209 g/mol. The van der Waals surface area contributed by atoms with Crippen LogP contribution in [-0.2, 0) is 16.1 Å². The third kappa shape index (κ3) is 4.07. The van der Waals surface area contributed by atoms with Gasteiger partial charge >= 0.3 is 0 Å². The van der Waals surface area contributed by atoms with Gasteiger partial charge in [-0.15, -0.1) is 0 Å². The second kappa shape index (κ2) is 6.12. The molecule has 0 spiro atoms. The maximum absolute atomic E-state index is 13.0. The summed E-state index contributed by atoms with van der Waals surface area (Å²) in [6.45, 7) is 1.24. The van der Waals surface area contributed by atoms with E-state index < -0.39 is 5.82 Å². The SMILES string of the molecule is COCCOCc1cc(F)cc(C#N)c1. The summed E-state index contributed by atoms with van der Waals surface area (Å²) in [6, 6.07) is 6.04. The molecule has 0 saturated carbocycles. The lowest BCUT2D eigenvalue weighted by Gasteiger charge is -2.04. The Bertz CT molecular complexity index is 360. The largest absolute Gasteiger partial charge is 0.382 e. The van der Waals surface area contributed by atoms with E-state index in [0.717, 1.165) is 0 Å². The number of hydrogen-bond acceptors (Lipinski definition) is 3. The van der Waals surface area contributed by atoms with Gasteiger partial charge in [-0.2, -0.15) is 5.26 Å². The number of halogens is 1. The van der Waals surface area contributed by atoms with E-state index in [1.807, 2.05) is 6.07 Å². The highest BCUT2D eigenvalue weighted by Crippen LogP contribution is 2.09. The van der Waals surface area contributed by atoms with Gasteiger partial charge in [-0.3, -0.25) is 0 Å². The van der Waals surface area contributed by atoms with Crippen LogP contribution in [0.25, 0.3) is 0 Å². The molecule has 0 N–H and O–H groups in total. The highest BCUT2D eigenvalue weighted by molar-refractivity contribution is 5.33. The van der Waals surface area contributed by atoms with Crippen LogP contribution < -0.4 is 0 Å². The molecule has 80 valence electrons. The van der Waals surface area contributed by atoms with Gasteiger partial charge in [-0.1, -0.05) is 0 Å². The number of methoxy groups -OCH3 is 1. The average molecular weight is 209 g/mol.